The SMILES string of the molecule is COC(=O)c1c(Br)c(C)n(C)c1C. The third-order valence-electron chi connectivity index (χ3n) is 2.29. The lowest BCUT2D eigenvalue weighted by atomic mass is 10.2. The molecule has 1 aromatic rings. The van der Waals surface area contributed by atoms with Gasteiger partial charge >= 0.3 is 5.97 Å². The highest BCUT2D eigenvalue weighted by Crippen LogP contribution is 2.27. The fourth-order valence-electron chi connectivity index (χ4n) is 1.25. The van der Waals surface area contributed by atoms with Crippen LogP contribution in [0.5, 0.6) is 0 Å². The summed E-state index contributed by atoms with van der Waals surface area (Å²) in [5.74, 6) is -0.298. The van der Waals surface area contributed by atoms with Crippen molar-refractivity contribution >= 4 is 21.9 Å². The molecule has 0 N–H and O–H groups in total. The summed E-state index contributed by atoms with van der Waals surface area (Å²) in [7, 11) is 3.30. The Morgan fingerprint density at radius 3 is 2.23 bits per heavy atom. The van der Waals surface area contributed by atoms with E-state index in [4.69, 9.17) is 0 Å². The fraction of sp³-hybridized carbons (Fsp3) is 0.444. The summed E-state index contributed by atoms with van der Waals surface area (Å²) in [6.45, 7) is 3.84. The van der Waals surface area contributed by atoms with Gasteiger partial charge in [-0.15, -0.1) is 0 Å². The van der Waals surface area contributed by atoms with Gasteiger partial charge in [0.15, 0.2) is 0 Å². The Balaban J connectivity index is 3.37. The summed E-state index contributed by atoms with van der Waals surface area (Å²) < 4.78 is 7.46. The molecule has 0 aliphatic heterocycles. The van der Waals surface area contributed by atoms with Crippen LogP contribution >= 0.6 is 15.9 Å². The van der Waals surface area contributed by atoms with Gasteiger partial charge in [-0.25, -0.2) is 4.79 Å². The lowest BCUT2D eigenvalue weighted by molar-refractivity contribution is 0.0599. The highest BCUT2D eigenvalue weighted by molar-refractivity contribution is 9.10. The molecule has 0 saturated carbocycles. The van der Waals surface area contributed by atoms with E-state index in [0.717, 1.165) is 15.9 Å². The Morgan fingerprint density at radius 1 is 1.38 bits per heavy atom. The lowest BCUT2D eigenvalue weighted by Crippen LogP contribution is -2.03. The molecule has 0 fully saturated rings. The minimum Gasteiger partial charge on any atom is -0.465 e. The molecular formula is C9H12BrNO2. The molecule has 0 bridgehead atoms. The number of hydrogen-bond donors (Lipinski definition) is 0. The zero-order valence-corrected chi connectivity index (χ0v) is 9.73. The molecule has 3 nitrogen and oxygen atoms in total. The molecule has 0 saturated heterocycles. The van der Waals surface area contributed by atoms with Crippen molar-refractivity contribution in [2.24, 2.45) is 7.05 Å². The average molecular weight is 246 g/mol. The smallest absolute Gasteiger partial charge is 0.340 e. The summed E-state index contributed by atoms with van der Waals surface area (Å²) in [5.41, 5.74) is 2.55. The summed E-state index contributed by atoms with van der Waals surface area (Å²) >= 11 is 3.37. The molecule has 0 atom stereocenters. The maximum absolute atomic E-state index is 11.4. The molecule has 1 rings (SSSR count). The minimum atomic E-state index is -0.298. The van der Waals surface area contributed by atoms with Gasteiger partial charge in [-0.3, -0.25) is 0 Å². The first-order valence-electron chi connectivity index (χ1n) is 3.90. The Kier molecular flexibility index (Phi) is 2.81. The molecular weight excluding hydrogens is 234 g/mol. The van der Waals surface area contributed by atoms with Crippen LogP contribution in [-0.4, -0.2) is 17.6 Å². The van der Waals surface area contributed by atoms with Crippen molar-refractivity contribution in [1.82, 2.24) is 4.57 Å². The van der Waals surface area contributed by atoms with Crippen LogP contribution in [-0.2, 0) is 11.8 Å². The Morgan fingerprint density at radius 2 is 1.92 bits per heavy atom. The van der Waals surface area contributed by atoms with Crippen LogP contribution in [0.1, 0.15) is 21.7 Å². The van der Waals surface area contributed by atoms with Crippen LogP contribution in [0.2, 0.25) is 0 Å². The number of nitrogens with zero attached hydrogens (tertiary/aromatic N) is 1. The van der Waals surface area contributed by atoms with E-state index >= 15 is 0 Å². The van der Waals surface area contributed by atoms with Crippen molar-refractivity contribution in [3.05, 3.63) is 21.4 Å². The van der Waals surface area contributed by atoms with E-state index in [0.29, 0.717) is 5.56 Å². The number of esters is 1. The second-order valence-electron chi connectivity index (χ2n) is 2.91. The number of halogens is 1. The molecule has 1 heterocycles. The molecule has 0 aromatic carbocycles. The number of carbonyl (C=O) groups excluding carboxylic acids is 1. The summed E-state index contributed by atoms with van der Waals surface area (Å²) in [6, 6.07) is 0. The monoisotopic (exact) mass is 245 g/mol. The van der Waals surface area contributed by atoms with Crippen LogP contribution in [0.4, 0.5) is 0 Å². The second-order valence-corrected chi connectivity index (χ2v) is 3.70. The van der Waals surface area contributed by atoms with Crippen LogP contribution in [0, 0.1) is 13.8 Å². The second kappa shape index (κ2) is 3.54. The van der Waals surface area contributed by atoms with E-state index in [1.165, 1.54) is 7.11 Å². The van der Waals surface area contributed by atoms with Crippen molar-refractivity contribution in [1.29, 1.82) is 0 Å². The third-order valence-corrected chi connectivity index (χ3v) is 3.27. The normalized spacial score (nSPS) is 10.2. The van der Waals surface area contributed by atoms with Crippen molar-refractivity contribution in [2.75, 3.05) is 7.11 Å². The molecule has 1 aromatic heterocycles. The molecule has 0 aliphatic carbocycles. The number of rotatable bonds is 1. The molecule has 4 heteroatoms. The fourth-order valence-corrected chi connectivity index (χ4v) is 1.96. The molecule has 0 radical (unpaired) electrons. The number of ether oxygens (including phenoxy) is 1. The first kappa shape index (κ1) is 10.3. The lowest BCUT2D eigenvalue weighted by Gasteiger charge is -1.99. The van der Waals surface area contributed by atoms with Crippen molar-refractivity contribution in [3.8, 4) is 0 Å². The Bertz CT molecular complexity index is 329. The third kappa shape index (κ3) is 1.50. The van der Waals surface area contributed by atoms with Crippen LogP contribution in [0.25, 0.3) is 0 Å². The number of carbonyl (C=O) groups is 1. The average Bonchev–Trinajstić information content (AvgIpc) is 2.30. The van der Waals surface area contributed by atoms with E-state index in [1.54, 1.807) is 0 Å². The van der Waals surface area contributed by atoms with Crippen LogP contribution in [0.3, 0.4) is 0 Å². The van der Waals surface area contributed by atoms with Gasteiger partial charge in [0.05, 0.1) is 17.1 Å². The zero-order valence-electron chi connectivity index (χ0n) is 8.14. The quantitative estimate of drug-likeness (QED) is 0.711. The van der Waals surface area contributed by atoms with E-state index < -0.39 is 0 Å². The van der Waals surface area contributed by atoms with Gasteiger partial charge in [-0.1, -0.05) is 0 Å². The maximum Gasteiger partial charge on any atom is 0.340 e. The van der Waals surface area contributed by atoms with Gasteiger partial charge < -0.3 is 9.30 Å². The molecule has 0 spiro atoms. The highest BCUT2D eigenvalue weighted by Gasteiger charge is 2.20. The minimum absolute atomic E-state index is 0.298. The summed E-state index contributed by atoms with van der Waals surface area (Å²) in [5, 5.41) is 0. The van der Waals surface area contributed by atoms with Gasteiger partial charge in [0.2, 0.25) is 0 Å². The van der Waals surface area contributed by atoms with Gasteiger partial charge in [0, 0.05) is 18.4 Å². The van der Waals surface area contributed by atoms with Gasteiger partial charge in [0.25, 0.3) is 0 Å². The topological polar surface area (TPSA) is 31.2 Å². The van der Waals surface area contributed by atoms with E-state index in [-0.39, 0.29) is 5.97 Å². The molecule has 0 amide bonds. The first-order valence-corrected chi connectivity index (χ1v) is 4.69. The maximum atomic E-state index is 11.4. The summed E-state index contributed by atoms with van der Waals surface area (Å²) in [6.07, 6.45) is 0. The van der Waals surface area contributed by atoms with Crippen LogP contribution < -0.4 is 0 Å². The standard InChI is InChI=1S/C9H12BrNO2/c1-5-7(9(12)13-4)8(10)6(2)11(5)3/h1-4H3. The van der Waals surface area contributed by atoms with Crippen molar-refractivity contribution in [2.45, 2.75) is 13.8 Å². The molecule has 72 valence electrons. The van der Waals surface area contributed by atoms with Gasteiger partial charge in [-0.05, 0) is 29.8 Å². The Hall–Kier alpha value is -0.770. The van der Waals surface area contributed by atoms with E-state index in [2.05, 4.69) is 20.7 Å². The molecule has 13 heavy (non-hydrogen) atoms. The highest BCUT2D eigenvalue weighted by atomic mass is 79.9. The van der Waals surface area contributed by atoms with E-state index in [9.17, 15) is 4.79 Å². The predicted molar refractivity (Wildman–Crippen MR) is 53.9 cm³/mol. The van der Waals surface area contributed by atoms with Gasteiger partial charge in [-0.2, -0.15) is 0 Å². The van der Waals surface area contributed by atoms with Crippen molar-refractivity contribution in [3.63, 3.8) is 0 Å². The van der Waals surface area contributed by atoms with Crippen LogP contribution in [0.15, 0.2) is 4.47 Å². The Labute approximate surface area is 85.8 Å². The largest absolute Gasteiger partial charge is 0.465 e. The molecule has 0 aliphatic rings. The predicted octanol–water partition coefficient (Wildman–Crippen LogP) is 2.19. The number of aromatic nitrogens is 1. The van der Waals surface area contributed by atoms with E-state index in [1.807, 2.05) is 25.5 Å². The van der Waals surface area contributed by atoms with Crippen molar-refractivity contribution < 1.29 is 9.53 Å². The molecule has 0 unspecified atom stereocenters. The number of hydrogen-bond acceptors (Lipinski definition) is 2. The summed E-state index contributed by atoms with van der Waals surface area (Å²) in [4.78, 5) is 11.4. The number of methoxy groups -OCH3 is 1. The zero-order chi connectivity index (χ0) is 10.2. The van der Waals surface area contributed by atoms with Gasteiger partial charge in [0.1, 0.15) is 0 Å². The first-order chi connectivity index (χ1) is 6.00.